The Morgan fingerprint density at radius 2 is 2.12 bits per heavy atom. The summed E-state index contributed by atoms with van der Waals surface area (Å²) in [6.07, 6.45) is 3.63. The molecule has 1 atom stereocenters. The molecule has 90 valence electrons. The molecule has 1 aromatic heterocycles. The minimum Gasteiger partial charge on any atom is -0.330 e. The van der Waals surface area contributed by atoms with E-state index in [4.69, 9.17) is 10.8 Å². The first-order valence-electron chi connectivity index (χ1n) is 6.24. The zero-order valence-electron chi connectivity index (χ0n) is 10.9. The average molecular weight is 221 g/mol. The first-order valence-corrected chi connectivity index (χ1v) is 6.24. The van der Waals surface area contributed by atoms with Gasteiger partial charge in [0.25, 0.3) is 0 Å². The Kier molecular flexibility index (Phi) is 2.82. The summed E-state index contributed by atoms with van der Waals surface area (Å²) in [4.78, 5) is 0. The van der Waals surface area contributed by atoms with Crippen molar-refractivity contribution in [1.29, 1.82) is 0 Å². The van der Waals surface area contributed by atoms with Crippen molar-refractivity contribution in [1.82, 2.24) is 9.78 Å². The summed E-state index contributed by atoms with van der Waals surface area (Å²) in [6, 6.07) is 0. The Hall–Kier alpha value is -0.830. The third-order valence-corrected chi connectivity index (χ3v) is 3.50. The fourth-order valence-electron chi connectivity index (χ4n) is 2.81. The third kappa shape index (κ3) is 1.77. The van der Waals surface area contributed by atoms with Gasteiger partial charge in [0, 0.05) is 11.3 Å². The lowest BCUT2D eigenvalue weighted by Gasteiger charge is -2.27. The van der Waals surface area contributed by atoms with Crippen LogP contribution in [0.2, 0.25) is 0 Å². The van der Waals surface area contributed by atoms with Crippen LogP contribution in [-0.4, -0.2) is 16.3 Å². The molecule has 2 N–H and O–H groups in total. The van der Waals surface area contributed by atoms with Gasteiger partial charge in [-0.25, -0.2) is 0 Å². The van der Waals surface area contributed by atoms with Crippen LogP contribution < -0.4 is 5.73 Å². The number of hydrogen-bond acceptors (Lipinski definition) is 2. The molecular weight excluding hydrogens is 198 g/mol. The Morgan fingerprint density at radius 1 is 1.44 bits per heavy atom. The van der Waals surface area contributed by atoms with E-state index in [9.17, 15) is 0 Å². The molecule has 16 heavy (non-hydrogen) atoms. The van der Waals surface area contributed by atoms with Crippen LogP contribution in [0.25, 0.3) is 0 Å². The molecule has 0 saturated carbocycles. The minimum atomic E-state index is 0.0782. The third-order valence-electron chi connectivity index (χ3n) is 3.50. The summed E-state index contributed by atoms with van der Waals surface area (Å²) in [5, 5.41) is 4.72. The van der Waals surface area contributed by atoms with Gasteiger partial charge in [-0.15, -0.1) is 0 Å². The minimum absolute atomic E-state index is 0.0782. The van der Waals surface area contributed by atoms with Crippen LogP contribution in [0.15, 0.2) is 0 Å². The molecule has 0 aliphatic heterocycles. The van der Waals surface area contributed by atoms with Gasteiger partial charge in [0.05, 0.1) is 11.2 Å². The van der Waals surface area contributed by atoms with E-state index < -0.39 is 0 Å². The molecule has 0 spiro atoms. The van der Waals surface area contributed by atoms with Crippen molar-refractivity contribution in [3.05, 3.63) is 17.0 Å². The maximum atomic E-state index is 5.87. The zero-order chi connectivity index (χ0) is 11.9. The number of hydrogen-bond donors (Lipinski definition) is 1. The summed E-state index contributed by atoms with van der Waals surface area (Å²) < 4.78 is 2.21. The molecule has 0 fully saturated rings. The van der Waals surface area contributed by atoms with E-state index in [-0.39, 0.29) is 5.54 Å². The molecule has 3 nitrogen and oxygen atoms in total. The monoisotopic (exact) mass is 221 g/mol. The van der Waals surface area contributed by atoms with E-state index in [1.54, 1.807) is 0 Å². The lowest BCUT2D eigenvalue weighted by Crippen LogP contribution is -2.27. The second-order valence-corrected chi connectivity index (χ2v) is 5.85. The molecule has 1 aromatic rings. The number of aromatic nitrogens is 2. The van der Waals surface area contributed by atoms with Crippen molar-refractivity contribution in [3.63, 3.8) is 0 Å². The molecule has 0 aromatic carbocycles. The number of nitrogens with two attached hydrogens (primary N) is 1. The second-order valence-electron chi connectivity index (χ2n) is 5.85. The average Bonchev–Trinajstić information content (AvgIpc) is 2.56. The second kappa shape index (κ2) is 3.88. The van der Waals surface area contributed by atoms with Gasteiger partial charge in [-0.1, -0.05) is 0 Å². The summed E-state index contributed by atoms with van der Waals surface area (Å²) in [5.74, 6) is 0.528. The largest absolute Gasteiger partial charge is 0.330 e. The quantitative estimate of drug-likeness (QED) is 0.791. The van der Waals surface area contributed by atoms with Crippen LogP contribution in [-0.2, 0) is 12.0 Å². The van der Waals surface area contributed by atoms with E-state index in [0.717, 1.165) is 13.0 Å². The smallest absolute Gasteiger partial charge is 0.0632 e. The summed E-state index contributed by atoms with van der Waals surface area (Å²) >= 11 is 0. The fraction of sp³-hybridized carbons (Fsp3) is 0.769. The van der Waals surface area contributed by atoms with Gasteiger partial charge in [0.2, 0.25) is 0 Å². The van der Waals surface area contributed by atoms with Gasteiger partial charge in [-0.3, -0.25) is 4.68 Å². The molecule has 2 rings (SSSR count). The van der Waals surface area contributed by atoms with Crippen LogP contribution in [0.3, 0.4) is 0 Å². The van der Waals surface area contributed by atoms with E-state index in [1.165, 1.54) is 29.8 Å². The Labute approximate surface area is 98.0 Å². The molecule has 0 amide bonds. The first-order chi connectivity index (χ1) is 7.45. The van der Waals surface area contributed by atoms with Crippen molar-refractivity contribution >= 4 is 0 Å². The predicted octanol–water partition coefficient (Wildman–Crippen LogP) is 2.33. The van der Waals surface area contributed by atoms with Gasteiger partial charge in [0.1, 0.15) is 0 Å². The highest BCUT2D eigenvalue weighted by Crippen LogP contribution is 2.35. The van der Waals surface area contributed by atoms with Crippen molar-refractivity contribution in [2.45, 2.75) is 58.4 Å². The van der Waals surface area contributed by atoms with Crippen LogP contribution in [0.1, 0.15) is 56.5 Å². The Bertz CT molecular complexity index is 385. The molecule has 1 unspecified atom stereocenters. The fourth-order valence-corrected chi connectivity index (χ4v) is 2.81. The maximum Gasteiger partial charge on any atom is 0.0632 e. The van der Waals surface area contributed by atoms with E-state index in [0.29, 0.717) is 5.92 Å². The highest BCUT2D eigenvalue weighted by Gasteiger charge is 2.29. The van der Waals surface area contributed by atoms with E-state index in [1.807, 2.05) is 0 Å². The van der Waals surface area contributed by atoms with E-state index in [2.05, 4.69) is 32.4 Å². The normalized spacial score (nSPS) is 20.9. The van der Waals surface area contributed by atoms with Gasteiger partial charge in [-0.2, -0.15) is 5.10 Å². The number of nitrogens with zero attached hydrogens (tertiary/aromatic N) is 2. The molecule has 0 saturated heterocycles. The van der Waals surface area contributed by atoms with Crippen molar-refractivity contribution in [3.8, 4) is 0 Å². The van der Waals surface area contributed by atoms with Crippen molar-refractivity contribution in [2.24, 2.45) is 5.73 Å². The van der Waals surface area contributed by atoms with Gasteiger partial charge >= 0.3 is 0 Å². The lowest BCUT2D eigenvalue weighted by molar-refractivity contribution is 0.336. The standard InChI is InChI=1S/C13H23N3/c1-9-12-10(8-14)6-5-7-11(12)16(15-9)13(2,3)4/h10H,5-8,14H2,1-4H3. The SMILES string of the molecule is Cc1nn(C(C)(C)C)c2c1C(CN)CCC2. The topological polar surface area (TPSA) is 43.8 Å². The molecule has 1 heterocycles. The highest BCUT2D eigenvalue weighted by molar-refractivity contribution is 5.33. The maximum absolute atomic E-state index is 5.87. The van der Waals surface area contributed by atoms with Crippen LogP contribution in [0, 0.1) is 6.92 Å². The van der Waals surface area contributed by atoms with Crippen LogP contribution in [0.5, 0.6) is 0 Å². The Balaban J connectivity index is 2.53. The number of rotatable bonds is 1. The first kappa shape index (κ1) is 11.6. The number of aryl methyl sites for hydroxylation is 1. The highest BCUT2D eigenvalue weighted by atomic mass is 15.3. The van der Waals surface area contributed by atoms with Crippen molar-refractivity contribution < 1.29 is 0 Å². The summed E-state index contributed by atoms with van der Waals surface area (Å²) in [5.41, 5.74) is 9.98. The number of fused-ring (bicyclic) bond motifs is 1. The van der Waals surface area contributed by atoms with Gasteiger partial charge < -0.3 is 5.73 Å². The molecule has 1 aliphatic rings. The van der Waals surface area contributed by atoms with Gasteiger partial charge in [-0.05, 0) is 59.4 Å². The molecule has 0 radical (unpaired) electrons. The molecule has 1 aliphatic carbocycles. The van der Waals surface area contributed by atoms with E-state index >= 15 is 0 Å². The van der Waals surface area contributed by atoms with Crippen LogP contribution in [0.4, 0.5) is 0 Å². The molecular formula is C13H23N3. The predicted molar refractivity (Wildman–Crippen MR) is 66.7 cm³/mol. The van der Waals surface area contributed by atoms with Crippen molar-refractivity contribution in [2.75, 3.05) is 6.54 Å². The molecule has 3 heteroatoms. The molecule has 0 bridgehead atoms. The van der Waals surface area contributed by atoms with Crippen LogP contribution >= 0.6 is 0 Å². The lowest BCUT2D eigenvalue weighted by atomic mass is 9.85. The summed E-state index contributed by atoms with van der Waals surface area (Å²) in [6.45, 7) is 9.52. The zero-order valence-corrected chi connectivity index (χ0v) is 10.9. The Morgan fingerprint density at radius 3 is 2.69 bits per heavy atom. The summed E-state index contributed by atoms with van der Waals surface area (Å²) in [7, 11) is 0. The van der Waals surface area contributed by atoms with Gasteiger partial charge in [0.15, 0.2) is 0 Å².